The molecule has 4 nitrogen and oxygen atoms in total. The summed E-state index contributed by atoms with van der Waals surface area (Å²) in [5.74, 6) is -0.444. The molecule has 0 saturated carbocycles. The maximum Gasteiger partial charge on any atom is 0.153 e. The highest BCUT2D eigenvalue weighted by atomic mass is 19.1. The minimum absolute atomic E-state index is 0.128. The average molecular weight is 257 g/mol. The molecule has 1 atom stereocenters. The molecule has 2 rings (SSSR count). The van der Waals surface area contributed by atoms with Gasteiger partial charge in [-0.05, 0) is 24.3 Å². The van der Waals surface area contributed by atoms with Crippen molar-refractivity contribution in [3.63, 3.8) is 0 Å². The first-order valence-corrected chi connectivity index (χ1v) is 5.72. The number of hydrogen-bond donors (Lipinski definition) is 1. The molecule has 0 bridgehead atoms. The molecule has 2 N–H and O–H groups in total. The number of nitrogens with zero attached hydrogens (tertiary/aromatic N) is 2. The van der Waals surface area contributed by atoms with Crippen LogP contribution in [0.2, 0.25) is 0 Å². The van der Waals surface area contributed by atoms with E-state index in [1.54, 1.807) is 24.4 Å². The van der Waals surface area contributed by atoms with Crippen LogP contribution < -0.4 is 10.5 Å². The van der Waals surface area contributed by atoms with Gasteiger partial charge in [-0.1, -0.05) is 12.1 Å². The molecular weight excluding hydrogens is 245 g/mol. The molecule has 1 unspecified atom stereocenters. The van der Waals surface area contributed by atoms with Crippen molar-refractivity contribution >= 4 is 0 Å². The van der Waals surface area contributed by atoms with Gasteiger partial charge in [-0.25, -0.2) is 4.39 Å². The van der Waals surface area contributed by atoms with Gasteiger partial charge in [-0.2, -0.15) is 5.26 Å². The molecule has 0 fully saturated rings. The van der Waals surface area contributed by atoms with Crippen LogP contribution in [0.25, 0.3) is 0 Å². The molecule has 1 heterocycles. The second kappa shape index (κ2) is 5.94. The molecule has 1 aromatic carbocycles. The zero-order valence-electron chi connectivity index (χ0n) is 10.1. The second-order valence-corrected chi connectivity index (χ2v) is 3.82. The number of rotatable bonds is 4. The fourth-order valence-electron chi connectivity index (χ4n) is 1.66. The zero-order chi connectivity index (χ0) is 13.7. The molecule has 0 radical (unpaired) electrons. The smallest absolute Gasteiger partial charge is 0.153 e. The standard InChI is InChI=1S/C14H12FN3O/c15-11-4-3-6-13(10(11)8-16)19-14(9-17)12-5-1-2-7-18-12/h1-7,14H,9,17H2. The van der Waals surface area contributed by atoms with Gasteiger partial charge < -0.3 is 10.5 Å². The van der Waals surface area contributed by atoms with Crippen LogP contribution >= 0.6 is 0 Å². The first kappa shape index (κ1) is 13.0. The van der Waals surface area contributed by atoms with Crippen molar-refractivity contribution in [1.29, 1.82) is 5.26 Å². The lowest BCUT2D eigenvalue weighted by Crippen LogP contribution is -2.20. The van der Waals surface area contributed by atoms with Crippen molar-refractivity contribution in [2.24, 2.45) is 5.73 Å². The predicted molar refractivity (Wildman–Crippen MR) is 67.8 cm³/mol. The Morgan fingerprint density at radius 1 is 1.32 bits per heavy atom. The van der Waals surface area contributed by atoms with Crippen molar-refractivity contribution in [3.05, 3.63) is 59.7 Å². The van der Waals surface area contributed by atoms with Crippen molar-refractivity contribution in [3.8, 4) is 11.8 Å². The van der Waals surface area contributed by atoms with E-state index >= 15 is 0 Å². The SMILES string of the molecule is N#Cc1c(F)cccc1OC(CN)c1ccccn1. The molecule has 96 valence electrons. The first-order chi connectivity index (χ1) is 9.26. The minimum atomic E-state index is -0.614. The number of nitriles is 1. The van der Waals surface area contributed by atoms with Gasteiger partial charge in [0.2, 0.25) is 0 Å². The van der Waals surface area contributed by atoms with Crippen LogP contribution in [0, 0.1) is 17.1 Å². The zero-order valence-corrected chi connectivity index (χ0v) is 10.1. The summed E-state index contributed by atoms with van der Waals surface area (Å²) >= 11 is 0. The monoisotopic (exact) mass is 257 g/mol. The third kappa shape index (κ3) is 2.87. The Hall–Kier alpha value is -2.45. The molecule has 0 amide bonds. The summed E-state index contributed by atoms with van der Waals surface area (Å²) in [6.07, 6.45) is 1.10. The van der Waals surface area contributed by atoms with Gasteiger partial charge in [0, 0.05) is 12.7 Å². The van der Waals surface area contributed by atoms with E-state index in [1.807, 2.05) is 6.07 Å². The molecule has 0 spiro atoms. The lowest BCUT2D eigenvalue weighted by molar-refractivity contribution is 0.208. The Morgan fingerprint density at radius 3 is 2.79 bits per heavy atom. The molecule has 19 heavy (non-hydrogen) atoms. The summed E-state index contributed by atoms with van der Waals surface area (Å²) in [4.78, 5) is 4.14. The van der Waals surface area contributed by atoms with Crippen LogP contribution in [-0.4, -0.2) is 11.5 Å². The highest BCUT2D eigenvalue weighted by molar-refractivity contribution is 5.44. The lowest BCUT2D eigenvalue weighted by Gasteiger charge is -2.17. The summed E-state index contributed by atoms with van der Waals surface area (Å²) in [5, 5.41) is 8.94. The second-order valence-electron chi connectivity index (χ2n) is 3.82. The molecule has 0 aliphatic rings. The fourth-order valence-corrected chi connectivity index (χ4v) is 1.66. The Morgan fingerprint density at radius 2 is 2.16 bits per heavy atom. The number of nitrogens with two attached hydrogens (primary N) is 1. The van der Waals surface area contributed by atoms with Gasteiger partial charge in [0.05, 0.1) is 5.69 Å². The van der Waals surface area contributed by atoms with Gasteiger partial charge in [0.15, 0.2) is 6.10 Å². The highest BCUT2D eigenvalue weighted by Crippen LogP contribution is 2.25. The van der Waals surface area contributed by atoms with E-state index in [2.05, 4.69) is 4.98 Å². The van der Waals surface area contributed by atoms with E-state index in [4.69, 9.17) is 15.7 Å². The Kier molecular flexibility index (Phi) is 4.06. The summed E-state index contributed by atoms with van der Waals surface area (Å²) in [6, 6.07) is 11.4. The van der Waals surface area contributed by atoms with Crippen molar-refractivity contribution in [1.82, 2.24) is 4.98 Å². The van der Waals surface area contributed by atoms with Gasteiger partial charge in [0.1, 0.15) is 23.2 Å². The molecule has 1 aromatic heterocycles. The Balaban J connectivity index is 2.30. The molecule has 0 saturated heterocycles. The molecule has 5 heteroatoms. The van der Waals surface area contributed by atoms with E-state index < -0.39 is 11.9 Å². The number of halogens is 1. The summed E-state index contributed by atoms with van der Waals surface area (Å²) in [6.45, 7) is 0.179. The predicted octanol–water partition coefficient (Wildman–Crippen LogP) is 2.17. The lowest BCUT2D eigenvalue weighted by atomic mass is 10.2. The van der Waals surface area contributed by atoms with Crippen molar-refractivity contribution in [2.75, 3.05) is 6.54 Å². The van der Waals surface area contributed by atoms with Crippen LogP contribution in [0.3, 0.4) is 0 Å². The third-order valence-electron chi connectivity index (χ3n) is 2.59. The van der Waals surface area contributed by atoms with E-state index in [0.717, 1.165) is 0 Å². The van der Waals surface area contributed by atoms with Gasteiger partial charge in [0.25, 0.3) is 0 Å². The van der Waals surface area contributed by atoms with Crippen LogP contribution in [0.1, 0.15) is 17.4 Å². The normalized spacial score (nSPS) is 11.6. The number of aromatic nitrogens is 1. The van der Waals surface area contributed by atoms with Crippen molar-refractivity contribution < 1.29 is 9.13 Å². The van der Waals surface area contributed by atoms with E-state index in [0.29, 0.717) is 5.69 Å². The number of hydrogen-bond acceptors (Lipinski definition) is 4. The minimum Gasteiger partial charge on any atom is -0.481 e. The van der Waals surface area contributed by atoms with Crippen LogP contribution in [-0.2, 0) is 0 Å². The molecule has 0 aliphatic heterocycles. The van der Waals surface area contributed by atoms with Crippen LogP contribution in [0.15, 0.2) is 42.6 Å². The number of ether oxygens (including phenoxy) is 1. The maximum absolute atomic E-state index is 13.5. The van der Waals surface area contributed by atoms with Crippen LogP contribution in [0.4, 0.5) is 4.39 Å². The quantitative estimate of drug-likeness (QED) is 0.911. The van der Waals surface area contributed by atoms with Crippen molar-refractivity contribution in [2.45, 2.75) is 6.10 Å². The highest BCUT2D eigenvalue weighted by Gasteiger charge is 2.16. The van der Waals surface area contributed by atoms with Gasteiger partial charge in [-0.3, -0.25) is 4.98 Å². The largest absolute Gasteiger partial charge is 0.481 e. The van der Waals surface area contributed by atoms with Crippen LogP contribution in [0.5, 0.6) is 5.75 Å². The summed E-state index contributed by atoms with van der Waals surface area (Å²) in [5.41, 5.74) is 6.15. The first-order valence-electron chi connectivity index (χ1n) is 5.72. The molecule has 2 aromatic rings. The Labute approximate surface area is 110 Å². The van der Waals surface area contributed by atoms with Gasteiger partial charge >= 0.3 is 0 Å². The van der Waals surface area contributed by atoms with E-state index in [9.17, 15) is 4.39 Å². The third-order valence-corrected chi connectivity index (χ3v) is 2.59. The molecule has 0 aliphatic carbocycles. The number of benzene rings is 1. The topological polar surface area (TPSA) is 71.9 Å². The fraction of sp³-hybridized carbons (Fsp3) is 0.143. The van der Waals surface area contributed by atoms with E-state index in [1.165, 1.54) is 18.2 Å². The summed E-state index contributed by atoms with van der Waals surface area (Å²) < 4.78 is 19.1. The summed E-state index contributed by atoms with van der Waals surface area (Å²) in [7, 11) is 0. The molecular formula is C14H12FN3O. The maximum atomic E-state index is 13.5. The average Bonchev–Trinajstić information content (AvgIpc) is 2.46. The van der Waals surface area contributed by atoms with Gasteiger partial charge in [-0.15, -0.1) is 0 Å². The number of pyridine rings is 1. The Bertz CT molecular complexity index is 595. The van der Waals surface area contributed by atoms with E-state index in [-0.39, 0.29) is 17.9 Å².